The van der Waals surface area contributed by atoms with Gasteiger partial charge in [-0.15, -0.1) is 0 Å². The number of amides is 1. The summed E-state index contributed by atoms with van der Waals surface area (Å²) < 4.78 is 13.8. The fraction of sp³-hybridized carbons (Fsp3) is 0.353. The number of piperidine rings is 1. The number of carbonyl (C=O) groups is 2. The maximum Gasteiger partial charge on any atom is 0.219 e. The smallest absolute Gasteiger partial charge is 0.219 e. The number of rotatable bonds is 4. The molecular weight excluding hydrogens is 343 g/mol. The summed E-state index contributed by atoms with van der Waals surface area (Å²) in [5, 5.41) is 3.81. The maximum atomic E-state index is 13.8. The van der Waals surface area contributed by atoms with Crippen molar-refractivity contribution >= 4 is 34.0 Å². The number of anilines is 2. The van der Waals surface area contributed by atoms with E-state index in [9.17, 15) is 14.0 Å². The summed E-state index contributed by atoms with van der Waals surface area (Å²) in [6, 6.07) is 5.98. The number of carbonyl (C=O) groups excluding carboxylic acids is 2. The lowest BCUT2D eigenvalue weighted by atomic mass is 10.1. The van der Waals surface area contributed by atoms with Crippen LogP contribution in [0.5, 0.6) is 0 Å². The summed E-state index contributed by atoms with van der Waals surface area (Å²) in [6.45, 7) is 2.94. The first-order valence-electron chi connectivity index (χ1n) is 8.03. The van der Waals surface area contributed by atoms with Crippen molar-refractivity contribution < 1.29 is 14.0 Å². The highest BCUT2D eigenvalue weighted by Crippen LogP contribution is 2.29. The van der Waals surface area contributed by atoms with Gasteiger partial charge in [0, 0.05) is 26.1 Å². The molecule has 0 unspecified atom stereocenters. The van der Waals surface area contributed by atoms with E-state index in [2.05, 4.69) is 10.3 Å². The Hall–Kier alpha value is -2.48. The molecule has 3 rings (SSSR count). The Morgan fingerprint density at radius 3 is 2.64 bits per heavy atom. The molecule has 3 N–H and O–H groups in total. The summed E-state index contributed by atoms with van der Waals surface area (Å²) in [6.07, 6.45) is 1.60. The van der Waals surface area contributed by atoms with Crippen LogP contribution in [-0.2, 0) is 4.79 Å². The number of thiazole rings is 1. The van der Waals surface area contributed by atoms with Crippen LogP contribution >= 0.6 is 11.3 Å². The molecule has 1 aromatic carbocycles. The van der Waals surface area contributed by atoms with Crippen molar-refractivity contribution in [2.24, 2.45) is 0 Å². The van der Waals surface area contributed by atoms with Gasteiger partial charge in [-0.2, -0.15) is 0 Å². The maximum absolute atomic E-state index is 13.8. The van der Waals surface area contributed by atoms with E-state index in [0.717, 1.165) is 24.2 Å². The lowest BCUT2D eigenvalue weighted by Crippen LogP contribution is -2.41. The summed E-state index contributed by atoms with van der Waals surface area (Å²) in [5.41, 5.74) is 5.85. The van der Waals surface area contributed by atoms with Gasteiger partial charge in [0.2, 0.25) is 11.7 Å². The standard InChI is InChI=1S/C17H19FN4O2S/c1-10(23)22-8-6-11(7-9-22)20-17-21-16(19)15(25-17)14(24)12-4-2-3-5-13(12)18/h2-5,11H,6-9,19H2,1H3,(H,20,21). The molecule has 2 aromatic rings. The van der Waals surface area contributed by atoms with Crippen LogP contribution in [-0.4, -0.2) is 40.7 Å². The van der Waals surface area contributed by atoms with Crippen LogP contribution in [0.2, 0.25) is 0 Å². The highest BCUT2D eigenvalue weighted by molar-refractivity contribution is 7.18. The minimum Gasteiger partial charge on any atom is -0.382 e. The summed E-state index contributed by atoms with van der Waals surface area (Å²) >= 11 is 1.13. The molecule has 1 aliphatic heterocycles. The lowest BCUT2D eigenvalue weighted by molar-refractivity contribution is -0.129. The number of nitrogen functional groups attached to an aromatic ring is 1. The van der Waals surface area contributed by atoms with E-state index in [0.29, 0.717) is 18.2 Å². The third kappa shape index (κ3) is 3.79. The van der Waals surface area contributed by atoms with Gasteiger partial charge in [0.15, 0.2) is 5.13 Å². The van der Waals surface area contributed by atoms with Crippen molar-refractivity contribution in [1.29, 1.82) is 0 Å². The van der Waals surface area contributed by atoms with Crippen molar-refractivity contribution in [2.75, 3.05) is 24.1 Å². The number of nitrogens with two attached hydrogens (primary N) is 1. The number of hydrogen-bond acceptors (Lipinski definition) is 6. The molecule has 25 heavy (non-hydrogen) atoms. The summed E-state index contributed by atoms with van der Waals surface area (Å²) in [4.78, 5) is 30.1. The Bertz CT molecular complexity index is 800. The van der Waals surface area contributed by atoms with Crippen molar-refractivity contribution in [3.63, 3.8) is 0 Å². The van der Waals surface area contributed by atoms with Gasteiger partial charge >= 0.3 is 0 Å². The number of aromatic nitrogens is 1. The molecule has 1 aromatic heterocycles. The van der Waals surface area contributed by atoms with E-state index >= 15 is 0 Å². The molecule has 0 bridgehead atoms. The molecule has 1 fully saturated rings. The number of nitrogens with one attached hydrogen (secondary N) is 1. The van der Waals surface area contributed by atoms with Crippen LogP contribution in [0.15, 0.2) is 24.3 Å². The SMILES string of the molecule is CC(=O)N1CCC(Nc2nc(N)c(C(=O)c3ccccc3F)s2)CC1. The first-order valence-corrected chi connectivity index (χ1v) is 8.85. The van der Waals surface area contributed by atoms with Crippen molar-refractivity contribution in [3.8, 4) is 0 Å². The Labute approximate surface area is 148 Å². The first kappa shape index (κ1) is 17.3. The molecule has 0 atom stereocenters. The molecule has 8 heteroatoms. The average molecular weight is 362 g/mol. The second-order valence-electron chi connectivity index (χ2n) is 5.97. The number of halogens is 1. The van der Waals surface area contributed by atoms with Crippen LogP contribution in [0.25, 0.3) is 0 Å². The van der Waals surface area contributed by atoms with Crippen molar-refractivity contribution in [3.05, 3.63) is 40.5 Å². The molecule has 1 saturated heterocycles. The van der Waals surface area contributed by atoms with Crippen LogP contribution in [0.1, 0.15) is 35.0 Å². The van der Waals surface area contributed by atoms with Gasteiger partial charge in [-0.05, 0) is 25.0 Å². The van der Waals surface area contributed by atoms with Gasteiger partial charge < -0.3 is 16.0 Å². The summed E-state index contributed by atoms with van der Waals surface area (Å²) in [7, 11) is 0. The van der Waals surface area contributed by atoms with Gasteiger partial charge in [0.1, 0.15) is 16.5 Å². The molecule has 1 aliphatic rings. The highest BCUT2D eigenvalue weighted by Gasteiger charge is 2.24. The second-order valence-corrected chi connectivity index (χ2v) is 6.97. The monoisotopic (exact) mass is 362 g/mol. The topological polar surface area (TPSA) is 88.3 Å². The fourth-order valence-corrected chi connectivity index (χ4v) is 3.75. The Balaban J connectivity index is 1.70. The average Bonchev–Trinajstić information content (AvgIpc) is 2.95. The predicted molar refractivity (Wildman–Crippen MR) is 95.3 cm³/mol. The van der Waals surface area contributed by atoms with Crippen LogP contribution in [0.4, 0.5) is 15.3 Å². The lowest BCUT2D eigenvalue weighted by Gasteiger charge is -2.31. The zero-order valence-corrected chi connectivity index (χ0v) is 14.6. The molecule has 132 valence electrons. The Morgan fingerprint density at radius 2 is 2.00 bits per heavy atom. The van der Waals surface area contributed by atoms with Gasteiger partial charge in [-0.3, -0.25) is 9.59 Å². The zero-order chi connectivity index (χ0) is 18.0. The number of hydrogen-bond donors (Lipinski definition) is 2. The molecule has 1 amide bonds. The Kier molecular flexibility index (Phi) is 4.98. The van der Waals surface area contributed by atoms with Gasteiger partial charge in [0.05, 0.1) is 5.56 Å². The molecule has 0 spiro atoms. The van der Waals surface area contributed by atoms with Crippen molar-refractivity contribution in [1.82, 2.24) is 9.88 Å². The largest absolute Gasteiger partial charge is 0.382 e. The zero-order valence-electron chi connectivity index (χ0n) is 13.8. The minimum absolute atomic E-state index is 0.0147. The van der Waals surface area contributed by atoms with Crippen molar-refractivity contribution in [2.45, 2.75) is 25.8 Å². The minimum atomic E-state index is -0.577. The molecule has 0 radical (unpaired) electrons. The van der Waals surface area contributed by atoms with E-state index in [1.165, 1.54) is 18.2 Å². The van der Waals surface area contributed by atoms with E-state index in [1.807, 2.05) is 4.90 Å². The molecule has 0 aliphatic carbocycles. The van der Waals surface area contributed by atoms with E-state index < -0.39 is 11.6 Å². The number of nitrogens with zero attached hydrogens (tertiary/aromatic N) is 2. The molecule has 2 heterocycles. The quantitative estimate of drug-likeness (QED) is 0.816. The molecule has 0 saturated carbocycles. The van der Waals surface area contributed by atoms with E-state index in [4.69, 9.17) is 5.73 Å². The number of likely N-dealkylation sites (tertiary alicyclic amines) is 1. The van der Waals surface area contributed by atoms with Crippen LogP contribution in [0, 0.1) is 5.82 Å². The van der Waals surface area contributed by atoms with Gasteiger partial charge in [0.25, 0.3) is 0 Å². The summed E-state index contributed by atoms with van der Waals surface area (Å²) in [5.74, 6) is -0.865. The fourth-order valence-electron chi connectivity index (χ4n) is 2.84. The van der Waals surface area contributed by atoms with Crippen LogP contribution in [0.3, 0.4) is 0 Å². The number of ketones is 1. The third-order valence-corrected chi connectivity index (χ3v) is 5.25. The Morgan fingerprint density at radius 1 is 1.32 bits per heavy atom. The van der Waals surface area contributed by atoms with Crippen LogP contribution < -0.4 is 11.1 Å². The van der Waals surface area contributed by atoms with E-state index in [-0.39, 0.29) is 28.2 Å². The molecule has 6 nitrogen and oxygen atoms in total. The van der Waals surface area contributed by atoms with E-state index in [1.54, 1.807) is 13.0 Å². The van der Waals surface area contributed by atoms with Gasteiger partial charge in [-0.1, -0.05) is 23.5 Å². The van der Waals surface area contributed by atoms with Gasteiger partial charge in [-0.25, -0.2) is 9.37 Å². The predicted octanol–water partition coefficient (Wildman–Crippen LogP) is 2.52. The second kappa shape index (κ2) is 7.18. The highest BCUT2D eigenvalue weighted by atomic mass is 32.1. The molecular formula is C17H19FN4O2S. The first-order chi connectivity index (χ1) is 12.0. The normalized spacial score (nSPS) is 15.2. The third-order valence-electron chi connectivity index (χ3n) is 4.25. The number of benzene rings is 1.